The average Bonchev–Trinajstić information content (AvgIpc) is 2.05. The topological polar surface area (TPSA) is 64.9 Å². The minimum atomic E-state index is -0.156. The molecule has 1 rings (SSSR count). The minimum Gasteiger partial charge on any atom is -0.326 e. The molecule has 2 atom stereocenters. The zero-order valence-electron chi connectivity index (χ0n) is 6.57. The van der Waals surface area contributed by atoms with Gasteiger partial charge in [0.25, 0.3) is 0 Å². The van der Waals surface area contributed by atoms with Gasteiger partial charge in [-0.05, 0) is 19.1 Å². The van der Waals surface area contributed by atoms with Crippen LogP contribution in [0.1, 0.15) is 18.7 Å². The van der Waals surface area contributed by atoms with Gasteiger partial charge in [0.2, 0.25) is 0 Å². The smallest absolute Gasteiger partial charge is 0.0620 e. The van der Waals surface area contributed by atoms with Crippen LogP contribution >= 0.6 is 0 Å². The van der Waals surface area contributed by atoms with E-state index in [9.17, 15) is 0 Å². The van der Waals surface area contributed by atoms with Crippen LogP contribution in [0.3, 0.4) is 0 Å². The fourth-order valence-corrected chi connectivity index (χ4v) is 0.842. The van der Waals surface area contributed by atoms with Crippen LogP contribution in [0, 0.1) is 0 Å². The van der Waals surface area contributed by atoms with Gasteiger partial charge in [-0.1, -0.05) is 6.07 Å². The van der Waals surface area contributed by atoms with E-state index in [0.29, 0.717) is 0 Å². The Bertz CT molecular complexity index is 208. The largest absolute Gasteiger partial charge is 0.326 e. The molecule has 0 saturated heterocycles. The lowest BCUT2D eigenvalue weighted by molar-refractivity contribution is 0.575. The predicted molar refractivity (Wildman–Crippen MR) is 44.8 cm³/mol. The van der Waals surface area contributed by atoms with Crippen LogP contribution in [0.4, 0.5) is 0 Å². The first-order valence-electron chi connectivity index (χ1n) is 3.64. The van der Waals surface area contributed by atoms with Crippen LogP contribution in [-0.2, 0) is 0 Å². The third-order valence-electron chi connectivity index (χ3n) is 1.60. The van der Waals surface area contributed by atoms with Crippen molar-refractivity contribution >= 4 is 0 Å². The normalized spacial score (nSPS) is 15.9. The van der Waals surface area contributed by atoms with Gasteiger partial charge in [0, 0.05) is 12.2 Å². The number of hydrogen-bond acceptors (Lipinski definition) is 3. The highest BCUT2D eigenvalue weighted by molar-refractivity contribution is 5.09. The van der Waals surface area contributed by atoms with Crippen molar-refractivity contribution in [2.24, 2.45) is 11.5 Å². The van der Waals surface area contributed by atoms with E-state index < -0.39 is 0 Å². The molecule has 11 heavy (non-hydrogen) atoms. The Kier molecular flexibility index (Phi) is 2.57. The quantitative estimate of drug-likeness (QED) is 0.644. The maximum absolute atomic E-state index is 5.75. The molecule has 1 aromatic heterocycles. The van der Waals surface area contributed by atoms with Gasteiger partial charge < -0.3 is 11.5 Å². The van der Waals surface area contributed by atoms with Crippen LogP contribution in [0.5, 0.6) is 0 Å². The number of hydrogen-bond donors (Lipinski definition) is 2. The van der Waals surface area contributed by atoms with Crippen LogP contribution in [0.25, 0.3) is 0 Å². The summed E-state index contributed by atoms with van der Waals surface area (Å²) in [5.74, 6) is 0. The average molecular weight is 151 g/mol. The lowest BCUT2D eigenvalue weighted by atomic mass is 10.1. The van der Waals surface area contributed by atoms with Crippen molar-refractivity contribution in [1.29, 1.82) is 0 Å². The summed E-state index contributed by atoms with van der Waals surface area (Å²) in [6, 6.07) is 5.44. The number of nitrogens with two attached hydrogens (primary N) is 2. The second kappa shape index (κ2) is 3.46. The van der Waals surface area contributed by atoms with E-state index in [1.165, 1.54) is 0 Å². The summed E-state index contributed by atoms with van der Waals surface area (Å²) in [6.45, 7) is 1.87. The SMILES string of the molecule is CC(N)C(N)c1ccccn1. The monoisotopic (exact) mass is 151 g/mol. The van der Waals surface area contributed by atoms with Crippen LogP contribution < -0.4 is 11.5 Å². The molecule has 1 aromatic rings. The van der Waals surface area contributed by atoms with Gasteiger partial charge in [-0.2, -0.15) is 0 Å². The van der Waals surface area contributed by atoms with Crippen LogP contribution in [0.2, 0.25) is 0 Å². The molecule has 60 valence electrons. The summed E-state index contributed by atoms with van der Waals surface area (Å²) >= 11 is 0. The minimum absolute atomic E-state index is 0.0510. The summed E-state index contributed by atoms with van der Waals surface area (Å²) < 4.78 is 0. The Hall–Kier alpha value is -0.930. The first-order chi connectivity index (χ1) is 5.22. The molecule has 0 aromatic carbocycles. The summed E-state index contributed by atoms with van der Waals surface area (Å²) in [5, 5.41) is 0. The van der Waals surface area contributed by atoms with Gasteiger partial charge in [0.1, 0.15) is 0 Å². The van der Waals surface area contributed by atoms with Gasteiger partial charge in [0.15, 0.2) is 0 Å². The predicted octanol–water partition coefficient (Wildman–Crippen LogP) is 0.429. The van der Waals surface area contributed by atoms with Gasteiger partial charge in [-0.15, -0.1) is 0 Å². The zero-order valence-corrected chi connectivity index (χ0v) is 6.57. The van der Waals surface area contributed by atoms with Crippen LogP contribution in [-0.4, -0.2) is 11.0 Å². The Morgan fingerprint density at radius 1 is 1.36 bits per heavy atom. The number of rotatable bonds is 2. The summed E-state index contributed by atoms with van der Waals surface area (Å²) in [7, 11) is 0. The molecule has 4 N–H and O–H groups in total. The number of aromatic nitrogens is 1. The number of nitrogens with zero attached hydrogens (tertiary/aromatic N) is 1. The highest BCUT2D eigenvalue weighted by Crippen LogP contribution is 2.07. The van der Waals surface area contributed by atoms with E-state index in [1.54, 1.807) is 6.20 Å². The third-order valence-corrected chi connectivity index (χ3v) is 1.60. The molecule has 0 aliphatic carbocycles. The highest BCUT2D eigenvalue weighted by atomic mass is 14.8. The lowest BCUT2D eigenvalue weighted by Crippen LogP contribution is -2.31. The number of pyridine rings is 1. The van der Waals surface area contributed by atoms with Gasteiger partial charge in [-0.3, -0.25) is 4.98 Å². The molecule has 1 heterocycles. The molecular formula is C8H13N3. The van der Waals surface area contributed by atoms with Crippen molar-refractivity contribution < 1.29 is 0 Å². The van der Waals surface area contributed by atoms with Crippen molar-refractivity contribution in [1.82, 2.24) is 4.98 Å². The van der Waals surface area contributed by atoms with Crippen molar-refractivity contribution in [3.8, 4) is 0 Å². The first-order valence-corrected chi connectivity index (χ1v) is 3.64. The Balaban J connectivity index is 2.77. The summed E-state index contributed by atoms with van der Waals surface area (Å²) in [5.41, 5.74) is 12.2. The molecule has 0 bridgehead atoms. The third kappa shape index (κ3) is 2.00. The molecule has 3 heteroatoms. The molecular weight excluding hydrogens is 138 g/mol. The van der Waals surface area contributed by atoms with E-state index in [2.05, 4.69) is 4.98 Å². The van der Waals surface area contributed by atoms with E-state index in [0.717, 1.165) is 5.69 Å². The molecule has 0 spiro atoms. The lowest BCUT2D eigenvalue weighted by Gasteiger charge is -2.13. The fourth-order valence-electron chi connectivity index (χ4n) is 0.842. The molecule has 0 fully saturated rings. The summed E-state index contributed by atoms with van der Waals surface area (Å²) in [6.07, 6.45) is 1.72. The summed E-state index contributed by atoms with van der Waals surface area (Å²) in [4.78, 5) is 4.09. The van der Waals surface area contributed by atoms with E-state index in [1.807, 2.05) is 25.1 Å². The Morgan fingerprint density at radius 2 is 2.09 bits per heavy atom. The Morgan fingerprint density at radius 3 is 2.55 bits per heavy atom. The molecule has 3 nitrogen and oxygen atoms in total. The molecule has 0 aliphatic rings. The van der Waals surface area contributed by atoms with Crippen molar-refractivity contribution in [2.75, 3.05) is 0 Å². The molecule has 0 radical (unpaired) electrons. The molecule has 0 amide bonds. The van der Waals surface area contributed by atoms with Gasteiger partial charge in [0.05, 0.1) is 11.7 Å². The van der Waals surface area contributed by atoms with Crippen LogP contribution in [0.15, 0.2) is 24.4 Å². The van der Waals surface area contributed by atoms with Crippen molar-refractivity contribution in [3.63, 3.8) is 0 Å². The maximum atomic E-state index is 5.75. The second-order valence-corrected chi connectivity index (χ2v) is 2.64. The van der Waals surface area contributed by atoms with E-state index >= 15 is 0 Å². The zero-order chi connectivity index (χ0) is 8.27. The second-order valence-electron chi connectivity index (χ2n) is 2.64. The molecule has 0 aliphatic heterocycles. The van der Waals surface area contributed by atoms with Crippen molar-refractivity contribution in [2.45, 2.75) is 19.0 Å². The maximum Gasteiger partial charge on any atom is 0.0620 e. The van der Waals surface area contributed by atoms with E-state index in [4.69, 9.17) is 11.5 Å². The first kappa shape index (κ1) is 8.17. The standard InChI is InChI=1S/C8H13N3/c1-6(9)8(10)7-4-2-3-5-11-7/h2-6,8H,9-10H2,1H3. The van der Waals surface area contributed by atoms with E-state index in [-0.39, 0.29) is 12.1 Å². The highest BCUT2D eigenvalue weighted by Gasteiger charge is 2.10. The Labute approximate surface area is 66.4 Å². The van der Waals surface area contributed by atoms with Crippen molar-refractivity contribution in [3.05, 3.63) is 30.1 Å². The molecule has 0 saturated carbocycles. The van der Waals surface area contributed by atoms with Gasteiger partial charge >= 0.3 is 0 Å². The molecule has 2 unspecified atom stereocenters. The van der Waals surface area contributed by atoms with Gasteiger partial charge in [-0.25, -0.2) is 0 Å². The fraction of sp³-hybridized carbons (Fsp3) is 0.375.